The first-order chi connectivity index (χ1) is 12.6. The SMILES string of the molecule is CCCN(CCC)CCCCN(Cc1ccc(C#N)cc1)CC(C)CC. The summed E-state index contributed by atoms with van der Waals surface area (Å²) in [5, 5.41) is 8.96. The van der Waals surface area contributed by atoms with E-state index in [0.29, 0.717) is 0 Å². The molecule has 0 spiro atoms. The van der Waals surface area contributed by atoms with E-state index in [1.807, 2.05) is 12.1 Å². The van der Waals surface area contributed by atoms with Gasteiger partial charge in [-0.25, -0.2) is 0 Å². The summed E-state index contributed by atoms with van der Waals surface area (Å²) in [4.78, 5) is 5.21. The van der Waals surface area contributed by atoms with Crippen LogP contribution in [0.5, 0.6) is 0 Å². The van der Waals surface area contributed by atoms with Gasteiger partial charge in [0.25, 0.3) is 0 Å². The fourth-order valence-electron chi connectivity index (χ4n) is 3.39. The van der Waals surface area contributed by atoms with E-state index in [2.05, 4.69) is 55.7 Å². The van der Waals surface area contributed by atoms with Crippen molar-refractivity contribution in [3.8, 4) is 6.07 Å². The molecular weight excluding hydrogens is 318 g/mol. The Kier molecular flexibility index (Phi) is 12.0. The van der Waals surface area contributed by atoms with Crippen LogP contribution >= 0.6 is 0 Å². The first-order valence-corrected chi connectivity index (χ1v) is 10.6. The normalized spacial score (nSPS) is 12.5. The van der Waals surface area contributed by atoms with Gasteiger partial charge in [0.05, 0.1) is 11.6 Å². The Morgan fingerprint density at radius 2 is 1.46 bits per heavy atom. The highest BCUT2D eigenvalue weighted by molar-refractivity contribution is 5.31. The number of hydrogen-bond acceptors (Lipinski definition) is 3. The van der Waals surface area contributed by atoms with Crippen molar-refractivity contribution < 1.29 is 0 Å². The number of benzene rings is 1. The second-order valence-corrected chi connectivity index (χ2v) is 7.61. The number of hydrogen-bond donors (Lipinski definition) is 0. The molecule has 0 aliphatic carbocycles. The van der Waals surface area contributed by atoms with Crippen molar-refractivity contribution in [1.29, 1.82) is 5.26 Å². The monoisotopic (exact) mass is 357 g/mol. The van der Waals surface area contributed by atoms with Crippen LogP contribution < -0.4 is 0 Å². The first-order valence-electron chi connectivity index (χ1n) is 10.6. The third kappa shape index (κ3) is 9.36. The van der Waals surface area contributed by atoms with Crippen LogP contribution in [0.4, 0.5) is 0 Å². The molecule has 0 aliphatic heterocycles. The zero-order chi connectivity index (χ0) is 19.2. The van der Waals surface area contributed by atoms with Gasteiger partial charge < -0.3 is 4.90 Å². The van der Waals surface area contributed by atoms with E-state index < -0.39 is 0 Å². The molecule has 26 heavy (non-hydrogen) atoms. The summed E-state index contributed by atoms with van der Waals surface area (Å²) in [6.07, 6.45) is 6.27. The van der Waals surface area contributed by atoms with Crippen molar-refractivity contribution >= 4 is 0 Å². The van der Waals surface area contributed by atoms with Crippen LogP contribution in [0.2, 0.25) is 0 Å². The third-order valence-electron chi connectivity index (χ3n) is 5.03. The molecule has 1 rings (SSSR count). The lowest BCUT2D eigenvalue weighted by Gasteiger charge is -2.26. The average Bonchev–Trinajstić information content (AvgIpc) is 2.65. The van der Waals surface area contributed by atoms with Gasteiger partial charge in [0.15, 0.2) is 0 Å². The van der Waals surface area contributed by atoms with Crippen LogP contribution in [0.25, 0.3) is 0 Å². The molecule has 0 fully saturated rings. The molecule has 0 saturated carbocycles. The minimum Gasteiger partial charge on any atom is -0.303 e. The van der Waals surface area contributed by atoms with E-state index in [1.54, 1.807) is 0 Å². The topological polar surface area (TPSA) is 30.3 Å². The van der Waals surface area contributed by atoms with Gasteiger partial charge in [-0.2, -0.15) is 5.26 Å². The van der Waals surface area contributed by atoms with Gasteiger partial charge in [0.1, 0.15) is 0 Å². The molecule has 0 aromatic heterocycles. The summed E-state index contributed by atoms with van der Waals surface area (Å²) in [5.41, 5.74) is 2.06. The third-order valence-corrected chi connectivity index (χ3v) is 5.03. The largest absolute Gasteiger partial charge is 0.303 e. The van der Waals surface area contributed by atoms with Crippen LogP contribution in [0.1, 0.15) is 70.9 Å². The maximum absolute atomic E-state index is 8.96. The Bertz CT molecular complexity index is 497. The molecule has 3 heteroatoms. The van der Waals surface area contributed by atoms with Gasteiger partial charge in [-0.15, -0.1) is 0 Å². The maximum Gasteiger partial charge on any atom is 0.0991 e. The van der Waals surface area contributed by atoms with Crippen LogP contribution in [0, 0.1) is 17.2 Å². The molecule has 0 heterocycles. The Morgan fingerprint density at radius 3 is 1.96 bits per heavy atom. The maximum atomic E-state index is 8.96. The van der Waals surface area contributed by atoms with E-state index in [0.717, 1.165) is 31.1 Å². The lowest BCUT2D eigenvalue weighted by atomic mass is 10.1. The fourth-order valence-corrected chi connectivity index (χ4v) is 3.39. The summed E-state index contributed by atoms with van der Waals surface area (Å²) in [7, 11) is 0. The first kappa shape index (κ1) is 22.7. The molecule has 0 N–H and O–H groups in total. The Balaban J connectivity index is 2.50. The predicted molar refractivity (Wildman–Crippen MR) is 112 cm³/mol. The van der Waals surface area contributed by atoms with Crippen molar-refractivity contribution in [2.75, 3.05) is 32.7 Å². The predicted octanol–water partition coefficient (Wildman–Crippen LogP) is 5.31. The van der Waals surface area contributed by atoms with Crippen molar-refractivity contribution in [3.05, 3.63) is 35.4 Å². The Hall–Kier alpha value is -1.37. The minimum absolute atomic E-state index is 0.727. The van der Waals surface area contributed by atoms with Crippen LogP contribution in [-0.4, -0.2) is 42.5 Å². The molecule has 146 valence electrons. The second-order valence-electron chi connectivity index (χ2n) is 7.61. The summed E-state index contributed by atoms with van der Waals surface area (Å²) in [6, 6.07) is 10.3. The van der Waals surface area contributed by atoms with E-state index in [9.17, 15) is 0 Å². The van der Waals surface area contributed by atoms with Crippen molar-refractivity contribution in [2.45, 2.75) is 66.3 Å². The van der Waals surface area contributed by atoms with E-state index in [-0.39, 0.29) is 0 Å². The van der Waals surface area contributed by atoms with E-state index in [4.69, 9.17) is 5.26 Å². The zero-order valence-corrected chi connectivity index (χ0v) is 17.5. The van der Waals surface area contributed by atoms with Crippen molar-refractivity contribution in [3.63, 3.8) is 0 Å². The Labute approximate surface area is 162 Å². The smallest absolute Gasteiger partial charge is 0.0991 e. The molecule has 0 aliphatic rings. The van der Waals surface area contributed by atoms with E-state index in [1.165, 1.54) is 57.3 Å². The van der Waals surface area contributed by atoms with Gasteiger partial charge in [-0.05, 0) is 75.5 Å². The van der Waals surface area contributed by atoms with E-state index >= 15 is 0 Å². The fraction of sp³-hybridized carbons (Fsp3) is 0.696. The number of nitrogens with zero attached hydrogens (tertiary/aromatic N) is 3. The highest BCUT2D eigenvalue weighted by Crippen LogP contribution is 2.12. The lowest BCUT2D eigenvalue weighted by molar-refractivity contribution is 0.212. The van der Waals surface area contributed by atoms with Crippen LogP contribution in [0.15, 0.2) is 24.3 Å². The molecule has 0 bridgehead atoms. The number of unbranched alkanes of at least 4 members (excludes halogenated alkanes) is 1. The summed E-state index contributed by atoms with van der Waals surface area (Å²) < 4.78 is 0. The molecule has 1 atom stereocenters. The zero-order valence-electron chi connectivity index (χ0n) is 17.5. The van der Waals surface area contributed by atoms with Crippen LogP contribution in [0.3, 0.4) is 0 Å². The van der Waals surface area contributed by atoms with Gasteiger partial charge in [0, 0.05) is 13.1 Å². The quantitative estimate of drug-likeness (QED) is 0.423. The standard InChI is InChI=1S/C23H39N3/c1-5-14-25(15-6-2)16-8-9-17-26(19-21(4)7-3)20-23-12-10-22(18-24)11-13-23/h10-13,21H,5-9,14-17,19-20H2,1-4H3. The second kappa shape index (κ2) is 13.8. The summed E-state index contributed by atoms with van der Waals surface area (Å²) in [6.45, 7) is 16.2. The average molecular weight is 358 g/mol. The molecule has 1 aromatic rings. The molecular formula is C23H39N3. The molecule has 3 nitrogen and oxygen atoms in total. The number of nitriles is 1. The Morgan fingerprint density at radius 1 is 0.885 bits per heavy atom. The number of rotatable bonds is 14. The van der Waals surface area contributed by atoms with Crippen molar-refractivity contribution in [1.82, 2.24) is 9.80 Å². The van der Waals surface area contributed by atoms with Crippen LogP contribution in [-0.2, 0) is 6.54 Å². The minimum atomic E-state index is 0.727. The molecule has 1 unspecified atom stereocenters. The van der Waals surface area contributed by atoms with Gasteiger partial charge >= 0.3 is 0 Å². The molecule has 1 aromatic carbocycles. The van der Waals surface area contributed by atoms with Gasteiger partial charge in [0.2, 0.25) is 0 Å². The molecule has 0 saturated heterocycles. The lowest BCUT2D eigenvalue weighted by Crippen LogP contribution is -2.30. The van der Waals surface area contributed by atoms with Crippen molar-refractivity contribution in [2.24, 2.45) is 5.92 Å². The van der Waals surface area contributed by atoms with Gasteiger partial charge in [-0.1, -0.05) is 46.2 Å². The highest BCUT2D eigenvalue weighted by atomic mass is 15.1. The summed E-state index contributed by atoms with van der Waals surface area (Å²) in [5.74, 6) is 0.727. The highest BCUT2D eigenvalue weighted by Gasteiger charge is 2.11. The molecule has 0 radical (unpaired) electrons. The summed E-state index contributed by atoms with van der Waals surface area (Å²) >= 11 is 0. The van der Waals surface area contributed by atoms with Gasteiger partial charge in [-0.3, -0.25) is 4.90 Å². The molecule has 0 amide bonds.